The molecule has 1 aromatic heterocycles. The van der Waals surface area contributed by atoms with Crippen molar-refractivity contribution in [1.82, 2.24) is 5.32 Å². The van der Waals surface area contributed by atoms with E-state index in [1.807, 2.05) is 12.3 Å². The van der Waals surface area contributed by atoms with Crippen LogP contribution in [0.25, 0.3) is 0 Å². The van der Waals surface area contributed by atoms with Gasteiger partial charge in [-0.25, -0.2) is 4.79 Å². The van der Waals surface area contributed by atoms with Crippen LogP contribution in [-0.2, 0) is 22.4 Å². The first-order chi connectivity index (χ1) is 10.1. The van der Waals surface area contributed by atoms with Crippen LogP contribution < -0.4 is 5.32 Å². The second-order valence-corrected chi connectivity index (χ2v) is 6.99. The number of esters is 1. The molecule has 2 aliphatic carbocycles. The van der Waals surface area contributed by atoms with Crippen LogP contribution in [0, 0.1) is 5.92 Å². The molecule has 4 nitrogen and oxygen atoms in total. The summed E-state index contributed by atoms with van der Waals surface area (Å²) in [7, 11) is 0. The Morgan fingerprint density at radius 3 is 2.90 bits per heavy atom. The van der Waals surface area contributed by atoms with E-state index in [0.29, 0.717) is 11.5 Å². The van der Waals surface area contributed by atoms with E-state index in [9.17, 15) is 9.59 Å². The molecule has 2 aliphatic rings. The first-order valence-corrected chi connectivity index (χ1v) is 8.59. The molecule has 0 aromatic carbocycles. The van der Waals surface area contributed by atoms with Crippen molar-refractivity contribution in [2.75, 3.05) is 6.61 Å². The lowest BCUT2D eigenvalue weighted by atomic mass is 9.96. The summed E-state index contributed by atoms with van der Waals surface area (Å²) >= 11 is 1.64. The van der Waals surface area contributed by atoms with Gasteiger partial charge < -0.3 is 10.1 Å². The van der Waals surface area contributed by atoms with Crippen LogP contribution in [0.2, 0.25) is 0 Å². The lowest BCUT2D eigenvalue weighted by molar-refractivity contribution is -0.124. The summed E-state index contributed by atoms with van der Waals surface area (Å²) in [4.78, 5) is 25.2. The minimum absolute atomic E-state index is 0.180. The van der Waals surface area contributed by atoms with Gasteiger partial charge in [-0.15, -0.1) is 11.3 Å². The minimum Gasteiger partial charge on any atom is -0.452 e. The zero-order valence-corrected chi connectivity index (χ0v) is 13.1. The summed E-state index contributed by atoms with van der Waals surface area (Å²) < 4.78 is 5.17. The number of rotatable bonds is 5. The quantitative estimate of drug-likeness (QED) is 0.851. The van der Waals surface area contributed by atoms with E-state index in [-0.39, 0.29) is 24.5 Å². The smallest absolute Gasteiger partial charge is 0.339 e. The Bertz CT molecular complexity index is 548. The molecule has 0 bridgehead atoms. The van der Waals surface area contributed by atoms with E-state index in [0.717, 1.165) is 24.8 Å². The summed E-state index contributed by atoms with van der Waals surface area (Å²) in [6.07, 6.45) is 6.71. The van der Waals surface area contributed by atoms with Gasteiger partial charge in [-0.1, -0.05) is 0 Å². The van der Waals surface area contributed by atoms with Crippen molar-refractivity contribution < 1.29 is 14.3 Å². The van der Waals surface area contributed by atoms with Crippen LogP contribution in [0.15, 0.2) is 5.38 Å². The topological polar surface area (TPSA) is 55.4 Å². The molecule has 1 amide bonds. The Morgan fingerprint density at radius 1 is 1.38 bits per heavy atom. The summed E-state index contributed by atoms with van der Waals surface area (Å²) in [5.74, 6) is 0.0454. The lowest BCUT2D eigenvalue weighted by Gasteiger charge is -2.14. The molecule has 114 valence electrons. The number of thiophene rings is 1. The van der Waals surface area contributed by atoms with Crippen molar-refractivity contribution in [3.63, 3.8) is 0 Å². The normalized spacial score (nSPS) is 18.7. The summed E-state index contributed by atoms with van der Waals surface area (Å²) in [5, 5.41) is 4.77. The number of carbonyl (C=O) groups excluding carboxylic acids is 2. The number of hydrogen-bond donors (Lipinski definition) is 1. The number of carbonyl (C=O) groups is 2. The van der Waals surface area contributed by atoms with E-state index in [1.54, 1.807) is 11.3 Å². The molecular formula is C16H21NO3S. The van der Waals surface area contributed by atoms with Gasteiger partial charge in [0.1, 0.15) is 0 Å². The van der Waals surface area contributed by atoms with E-state index < -0.39 is 0 Å². The van der Waals surface area contributed by atoms with Crippen LogP contribution in [0.4, 0.5) is 0 Å². The fourth-order valence-corrected chi connectivity index (χ4v) is 4.00. The molecule has 21 heavy (non-hydrogen) atoms. The third-order valence-corrected chi connectivity index (χ3v) is 5.42. The second kappa shape index (κ2) is 6.18. The first kappa shape index (κ1) is 14.6. The average Bonchev–Trinajstić information content (AvgIpc) is 3.24. The fourth-order valence-electron chi connectivity index (χ4n) is 2.88. The van der Waals surface area contributed by atoms with Crippen LogP contribution in [0.5, 0.6) is 0 Å². The maximum absolute atomic E-state index is 12.1. The number of amides is 1. The maximum atomic E-state index is 12.1. The first-order valence-electron chi connectivity index (χ1n) is 7.71. The summed E-state index contributed by atoms with van der Waals surface area (Å²) in [6.45, 7) is 1.83. The van der Waals surface area contributed by atoms with Gasteiger partial charge in [-0.3, -0.25) is 4.79 Å². The molecule has 1 aromatic rings. The molecule has 0 spiro atoms. The van der Waals surface area contributed by atoms with Crippen LogP contribution in [0.3, 0.4) is 0 Å². The third-order valence-electron chi connectivity index (χ3n) is 4.33. The number of aryl methyl sites for hydroxylation is 1. The lowest BCUT2D eigenvalue weighted by Crippen LogP contribution is -2.37. The Morgan fingerprint density at radius 2 is 2.14 bits per heavy atom. The molecule has 1 saturated carbocycles. The largest absolute Gasteiger partial charge is 0.452 e. The van der Waals surface area contributed by atoms with Gasteiger partial charge in [0.2, 0.25) is 0 Å². The number of ether oxygens (including phenoxy) is 1. The Kier molecular flexibility index (Phi) is 4.29. The predicted molar refractivity (Wildman–Crippen MR) is 81.6 cm³/mol. The molecule has 0 radical (unpaired) electrons. The van der Waals surface area contributed by atoms with E-state index in [1.165, 1.54) is 24.1 Å². The highest BCUT2D eigenvalue weighted by Crippen LogP contribution is 2.32. The van der Waals surface area contributed by atoms with Crippen molar-refractivity contribution in [1.29, 1.82) is 0 Å². The van der Waals surface area contributed by atoms with Crippen molar-refractivity contribution >= 4 is 23.2 Å². The molecule has 1 fully saturated rings. The Balaban J connectivity index is 1.51. The Labute approximate surface area is 128 Å². The SMILES string of the molecule is C[C@@H](NC(=O)COC(=O)c1csc2c1CCCC2)C1CC1. The van der Waals surface area contributed by atoms with Crippen LogP contribution in [-0.4, -0.2) is 24.5 Å². The van der Waals surface area contributed by atoms with Crippen LogP contribution in [0.1, 0.15) is 53.4 Å². The summed E-state index contributed by atoms with van der Waals surface area (Å²) in [5.41, 5.74) is 1.81. The van der Waals surface area contributed by atoms with Gasteiger partial charge in [-0.05, 0) is 56.9 Å². The number of hydrogen-bond acceptors (Lipinski definition) is 4. The zero-order valence-electron chi connectivity index (χ0n) is 12.3. The van der Waals surface area contributed by atoms with Gasteiger partial charge in [-0.2, -0.15) is 0 Å². The van der Waals surface area contributed by atoms with E-state index in [2.05, 4.69) is 5.32 Å². The molecule has 3 rings (SSSR count). The molecule has 5 heteroatoms. The molecule has 1 heterocycles. The zero-order chi connectivity index (χ0) is 14.8. The van der Waals surface area contributed by atoms with Crippen molar-refractivity contribution in [2.24, 2.45) is 5.92 Å². The monoisotopic (exact) mass is 307 g/mol. The average molecular weight is 307 g/mol. The molecule has 0 unspecified atom stereocenters. The number of nitrogens with one attached hydrogen (secondary N) is 1. The van der Waals surface area contributed by atoms with E-state index >= 15 is 0 Å². The Hall–Kier alpha value is -1.36. The molecule has 1 N–H and O–H groups in total. The second-order valence-electron chi connectivity index (χ2n) is 6.03. The van der Waals surface area contributed by atoms with Gasteiger partial charge in [0.15, 0.2) is 6.61 Å². The third kappa shape index (κ3) is 3.46. The van der Waals surface area contributed by atoms with Gasteiger partial charge in [0.05, 0.1) is 5.56 Å². The standard InChI is InChI=1S/C16H21NO3S/c1-10(11-6-7-11)17-15(18)8-20-16(19)13-9-21-14-5-3-2-4-12(13)14/h9-11H,2-8H2,1H3,(H,17,18)/t10-/m1/s1. The predicted octanol–water partition coefficient (Wildman–Crippen LogP) is 2.70. The molecule has 0 saturated heterocycles. The van der Waals surface area contributed by atoms with Gasteiger partial charge in [0, 0.05) is 16.3 Å². The van der Waals surface area contributed by atoms with Crippen molar-refractivity contribution in [3.05, 3.63) is 21.4 Å². The highest BCUT2D eigenvalue weighted by Gasteiger charge is 2.29. The van der Waals surface area contributed by atoms with Gasteiger partial charge >= 0.3 is 5.97 Å². The van der Waals surface area contributed by atoms with Crippen molar-refractivity contribution in [3.8, 4) is 0 Å². The molecular weight excluding hydrogens is 286 g/mol. The van der Waals surface area contributed by atoms with Gasteiger partial charge in [0.25, 0.3) is 5.91 Å². The highest BCUT2D eigenvalue weighted by atomic mass is 32.1. The highest BCUT2D eigenvalue weighted by molar-refractivity contribution is 7.10. The molecule has 1 atom stereocenters. The number of fused-ring (bicyclic) bond motifs is 1. The molecule has 0 aliphatic heterocycles. The maximum Gasteiger partial charge on any atom is 0.339 e. The van der Waals surface area contributed by atoms with E-state index in [4.69, 9.17) is 4.74 Å². The van der Waals surface area contributed by atoms with Crippen LogP contribution >= 0.6 is 11.3 Å². The summed E-state index contributed by atoms with van der Waals surface area (Å²) in [6, 6.07) is 0.185. The fraction of sp³-hybridized carbons (Fsp3) is 0.625. The minimum atomic E-state index is -0.358. The van der Waals surface area contributed by atoms with Crippen molar-refractivity contribution in [2.45, 2.75) is 51.5 Å².